The van der Waals surface area contributed by atoms with E-state index in [2.05, 4.69) is 4.98 Å². The minimum atomic E-state index is -0.686. The van der Waals surface area contributed by atoms with Gasteiger partial charge in [-0.2, -0.15) is 0 Å². The van der Waals surface area contributed by atoms with Crippen molar-refractivity contribution >= 4 is 12.1 Å². The van der Waals surface area contributed by atoms with Crippen molar-refractivity contribution in [1.82, 2.24) is 9.88 Å². The van der Waals surface area contributed by atoms with E-state index in [-0.39, 0.29) is 13.2 Å². The molecule has 9 nitrogen and oxygen atoms in total. The number of benzene rings is 3. The van der Waals surface area contributed by atoms with Crippen LogP contribution >= 0.6 is 0 Å². The van der Waals surface area contributed by atoms with Crippen LogP contribution in [0.5, 0.6) is 17.2 Å². The lowest BCUT2D eigenvalue weighted by atomic mass is 10.1. The Morgan fingerprint density at radius 2 is 1.50 bits per heavy atom. The first-order valence-electron chi connectivity index (χ1n) is 12.7. The van der Waals surface area contributed by atoms with E-state index in [0.717, 1.165) is 16.7 Å². The second-order valence-corrected chi connectivity index (χ2v) is 9.17. The van der Waals surface area contributed by atoms with E-state index in [1.165, 1.54) is 12.0 Å². The monoisotopic (exact) mass is 544 g/mol. The number of carbonyl (C=O) groups is 2. The van der Waals surface area contributed by atoms with Crippen molar-refractivity contribution in [2.24, 2.45) is 0 Å². The highest BCUT2D eigenvalue weighted by molar-refractivity contribution is 5.79. The zero-order chi connectivity index (χ0) is 28.6. The van der Waals surface area contributed by atoms with Crippen LogP contribution in [0.2, 0.25) is 0 Å². The highest BCUT2D eigenvalue weighted by Gasteiger charge is 2.26. The smallest absolute Gasteiger partial charge is 0.416 e. The van der Waals surface area contributed by atoms with Gasteiger partial charge in [0.15, 0.2) is 0 Å². The largest absolute Gasteiger partial charge is 0.497 e. The number of rotatable bonds is 10. The first kappa shape index (κ1) is 28.2. The SMILES string of the molecule is COC(=O)CN(C(=O)Oc1ccc(OC)cc1)[C@@H](C)c1ccc(OCc2nc(-c3ccc(C)cc3)oc2C)cc1. The Balaban J connectivity index is 1.42. The molecule has 0 fully saturated rings. The summed E-state index contributed by atoms with van der Waals surface area (Å²) in [6.07, 6.45) is -0.686. The van der Waals surface area contributed by atoms with Crippen LogP contribution in [-0.2, 0) is 16.1 Å². The molecule has 0 spiro atoms. The molecule has 1 heterocycles. The number of aromatic nitrogens is 1. The molecule has 0 saturated carbocycles. The number of nitrogens with zero attached hydrogens (tertiary/aromatic N) is 2. The van der Waals surface area contributed by atoms with Gasteiger partial charge in [0.2, 0.25) is 5.89 Å². The predicted molar refractivity (Wildman–Crippen MR) is 148 cm³/mol. The Morgan fingerprint density at radius 1 is 0.875 bits per heavy atom. The molecule has 0 unspecified atom stereocenters. The van der Waals surface area contributed by atoms with E-state index in [4.69, 9.17) is 23.4 Å². The number of carbonyl (C=O) groups excluding carboxylic acids is 2. The molecule has 1 atom stereocenters. The summed E-state index contributed by atoms with van der Waals surface area (Å²) in [7, 11) is 2.82. The Morgan fingerprint density at radius 3 is 2.12 bits per heavy atom. The average Bonchev–Trinajstić information content (AvgIpc) is 3.35. The van der Waals surface area contributed by atoms with Gasteiger partial charge in [0, 0.05) is 5.56 Å². The molecular weight excluding hydrogens is 512 g/mol. The second-order valence-electron chi connectivity index (χ2n) is 9.17. The zero-order valence-corrected chi connectivity index (χ0v) is 23.2. The fourth-order valence-corrected chi connectivity index (χ4v) is 3.92. The Hall–Kier alpha value is -4.79. The molecule has 1 amide bonds. The van der Waals surface area contributed by atoms with Gasteiger partial charge in [-0.25, -0.2) is 9.78 Å². The van der Waals surface area contributed by atoms with Crippen molar-refractivity contribution in [3.8, 4) is 28.7 Å². The van der Waals surface area contributed by atoms with Gasteiger partial charge in [-0.15, -0.1) is 0 Å². The maximum absolute atomic E-state index is 13.0. The van der Waals surface area contributed by atoms with Crippen LogP contribution in [0.4, 0.5) is 4.79 Å². The Bertz CT molecular complexity index is 1430. The zero-order valence-electron chi connectivity index (χ0n) is 23.2. The number of oxazole rings is 1. The molecular formula is C31H32N2O7. The van der Waals surface area contributed by atoms with E-state index < -0.39 is 18.1 Å². The third-order valence-electron chi connectivity index (χ3n) is 6.42. The van der Waals surface area contributed by atoms with Gasteiger partial charge in [0.25, 0.3) is 0 Å². The lowest BCUT2D eigenvalue weighted by Gasteiger charge is -2.27. The molecule has 0 aliphatic heterocycles. The maximum Gasteiger partial charge on any atom is 0.416 e. The molecule has 0 bridgehead atoms. The van der Waals surface area contributed by atoms with Crippen LogP contribution in [0.15, 0.2) is 77.2 Å². The highest BCUT2D eigenvalue weighted by Crippen LogP contribution is 2.27. The third kappa shape index (κ3) is 6.99. The summed E-state index contributed by atoms with van der Waals surface area (Å²) >= 11 is 0. The molecule has 4 aromatic rings. The van der Waals surface area contributed by atoms with E-state index in [0.29, 0.717) is 34.6 Å². The van der Waals surface area contributed by atoms with Crippen LogP contribution in [0.1, 0.15) is 35.5 Å². The number of amides is 1. The van der Waals surface area contributed by atoms with Crippen LogP contribution in [0.25, 0.3) is 11.5 Å². The molecule has 3 aromatic carbocycles. The highest BCUT2D eigenvalue weighted by atomic mass is 16.6. The molecule has 9 heteroatoms. The Kier molecular flexibility index (Phi) is 9.06. The van der Waals surface area contributed by atoms with E-state index in [1.807, 2.05) is 50.2 Å². The van der Waals surface area contributed by atoms with Crippen LogP contribution < -0.4 is 14.2 Å². The lowest BCUT2D eigenvalue weighted by molar-refractivity contribution is -0.141. The molecule has 0 radical (unpaired) electrons. The summed E-state index contributed by atoms with van der Waals surface area (Å²) < 4.78 is 27.2. The quantitative estimate of drug-likeness (QED) is 0.215. The second kappa shape index (κ2) is 12.8. The van der Waals surface area contributed by atoms with Crippen LogP contribution in [0.3, 0.4) is 0 Å². The summed E-state index contributed by atoms with van der Waals surface area (Å²) in [5.74, 6) is 2.25. The lowest BCUT2D eigenvalue weighted by Crippen LogP contribution is -2.40. The fraction of sp³-hybridized carbons (Fsp3) is 0.258. The summed E-state index contributed by atoms with van der Waals surface area (Å²) in [5, 5.41) is 0. The first-order valence-corrected chi connectivity index (χ1v) is 12.7. The minimum Gasteiger partial charge on any atom is -0.497 e. The summed E-state index contributed by atoms with van der Waals surface area (Å²) in [6, 6.07) is 21.3. The number of aryl methyl sites for hydroxylation is 2. The molecule has 0 saturated heterocycles. The fourth-order valence-electron chi connectivity index (χ4n) is 3.92. The van der Waals surface area contributed by atoms with Gasteiger partial charge in [-0.3, -0.25) is 9.69 Å². The van der Waals surface area contributed by atoms with Crippen molar-refractivity contribution in [3.63, 3.8) is 0 Å². The van der Waals surface area contributed by atoms with E-state index >= 15 is 0 Å². The van der Waals surface area contributed by atoms with Gasteiger partial charge in [-0.1, -0.05) is 29.8 Å². The third-order valence-corrected chi connectivity index (χ3v) is 6.42. The topological polar surface area (TPSA) is 100 Å². The number of ether oxygens (including phenoxy) is 4. The molecule has 0 aliphatic rings. The number of esters is 1. The number of methoxy groups -OCH3 is 2. The van der Waals surface area contributed by atoms with Gasteiger partial charge in [0.05, 0.1) is 20.3 Å². The van der Waals surface area contributed by atoms with Gasteiger partial charge >= 0.3 is 12.1 Å². The van der Waals surface area contributed by atoms with Crippen molar-refractivity contribution in [2.75, 3.05) is 20.8 Å². The van der Waals surface area contributed by atoms with Crippen molar-refractivity contribution in [2.45, 2.75) is 33.4 Å². The van der Waals surface area contributed by atoms with Gasteiger partial charge < -0.3 is 23.4 Å². The normalized spacial score (nSPS) is 11.4. The van der Waals surface area contributed by atoms with Crippen LogP contribution in [0, 0.1) is 13.8 Å². The van der Waals surface area contributed by atoms with E-state index in [9.17, 15) is 9.59 Å². The predicted octanol–water partition coefficient (Wildman–Crippen LogP) is 6.28. The van der Waals surface area contributed by atoms with Gasteiger partial charge in [0.1, 0.15) is 41.9 Å². The summed E-state index contributed by atoms with van der Waals surface area (Å²) in [6.45, 7) is 5.65. The van der Waals surface area contributed by atoms with Crippen LogP contribution in [-0.4, -0.2) is 42.7 Å². The summed E-state index contributed by atoms with van der Waals surface area (Å²) in [4.78, 5) is 31.0. The summed E-state index contributed by atoms with van der Waals surface area (Å²) in [5.41, 5.74) is 3.55. The minimum absolute atomic E-state index is 0.235. The standard InChI is InChI=1S/C31H32N2O7/c1-20-6-8-24(9-7-20)30-32-28(22(3)39-30)19-38-26-12-10-23(11-13-26)21(2)33(18-29(34)37-5)31(35)40-27-16-14-25(36-4)15-17-27/h6-17,21H,18-19H2,1-5H3/t21-/m0/s1. The van der Waals surface area contributed by atoms with Crippen molar-refractivity contribution in [3.05, 3.63) is 95.4 Å². The van der Waals surface area contributed by atoms with Crippen molar-refractivity contribution in [1.29, 1.82) is 0 Å². The molecule has 208 valence electrons. The average molecular weight is 545 g/mol. The number of hydrogen-bond donors (Lipinski definition) is 0. The maximum atomic E-state index is 13.0. The molecule has 1 aromatic heterocycles. The molecule has 0 aliphatic carbocycles. The van der Waals surface area contributed by atoms with Crippen molar-refractivity contribution < 1.29 is 33.0 Å². The van der Waals surface area contributed by atoms with E-state index in [1.54, 1.807) is 50.4 Å². The van der Waals surface area contributed by atoms with Gasteiger partial charge in [-0.05, 0) is 74.9 Å². The molecule has 40 heavy (non-hydrogen) atoms. The molecule has 0 N–H and O–H groups in total. The first-order chi connectivity index (χ1) is 19.3. The number of hydrogen-bond acceptors (Lipinski definition) is 8. The Labute approximate surface area is 233 Å². The molecule has 4 rings (SSSR count).